The minimum Gasteiger partial charge on any atom is -0.300 e. The summed E-state index contributed by atoms with van der Waals surface area (Å²) in [5, 5.41) is 0. The second kappa shape index (κ2) is 5.25. The number of hydrogen-bond acceptors (Lipinski definition) is 3. The highest BCUT2D eigenvalue weighted by Crippen LogP contribution is 2.66. The van der Waals surface area contributed by atoms with Gasteiger partial charge in [-0.25, -0.2) is 0 Å². The van der Waals surface area contributed by atoms with Crippen LogP contribution in [-0.2, 0) is 14.4 Å². The van der Waals surface area contributed by atoms with Crippen LogP contribution in [0.15, 0.2) is 0 Å². The third kappa shape index (κ3) is 2.05. The molecule has 7 atom stereocenters. The lowest BCUT2D eigenvalue weighted by Crippen LogP contribution is -2.56. The maximum atomic E-state index is 12.9. The van der Waals surface area contributed by atoms with Gasteiger partial charge in [0.2, 0.25) is 0 Å². The number of fused-ring (bicyclic) bond motifs is 5. The summed E-state index contributed by atoms with van der Waals surface area (Å²) >= 11 is 0. The molecule has 132 valence electrons. The Morgan fingerprint density at radius 3 is 2.38 bits per heavy atom. The summed E-state index contributed by atoms with van der Waals surface area (Å²) in [6, 6.07) is 0. The lowest BCUT2D eigenvalue weighted by Gasteiger charge is -2.59. The van der Waals surface area contributed by atoms with Crippen LogP contribution < -0.4 is 0 Å². The zero-order chi connectivity index (χ0) is 17.3. The van der Waals surface area contributed by atoms with Gasteiger partial charge in [0.25, 0.3) is 0 Å². The van der Waals surface area contributed by atoms with Crippen molar-refractivity contribution < 1.29 is 14.4 Å². The molecule has 0 aromatic carbocycles. The first-order chi connectivity index (χ1) is 11.3. The number of rotatable bonds is 1. The first kappa shape index (κ1) is 16.5. The second-order valence-corrected chi connectivity index (χ2v) is 9.63. The van der Waals surface area contributed by atoms with E-state index in [0.29, 0.717) is 48.6 Å². The molecule has 0 saturated heterocycles. The number of hydrogen-bond donors (Lipinski definition) is 0. The van der Waals surface area contributed by atoms with Crippen LogP contribution in [0.3, 0.4) is 0 Å². The van der Waals surface area contributed by atoms with Gasteiger partial charge in [-0.05, 0) is 67.6 Å². The van der Waals surface area contributed by atoms with Crippen LogP contribution in [0, 0.1) is 40.4 Å². The molecular weight excluding hydrogens is 300 g/mol. The zero-order valence-corrected chi connectivity index (χ0v) is 15.3. The molecule has 0 unspecified atom stereocenters. The van der Waals surface area contributed by atoms with Crippen LogP contribution >= 0.6 is 0 Å². The SMILES string of the molecule is CC(=O)[C@@H]1CC[C@@H]2[C@H]3CC(=O)[C@@H]4CC(=O)CC[C@]4(C)[C@@H]3CC[C@]21C. The molecule has 0 spiro atoms. The summed E-state index contributed by atoms with van der Waals surface area (Å²) < 4.78 is 0. The monoisotopic (exact) mass is 330 g/mol. The average molecular weight is 330 g/mol. The number of ketones is 3. The van der Waals surface area contributed by atoms with Gasteiger partial charge in [-0.15, -0.1) is 0 Å². The van der Waals surface area contributed by atoms with Crippen molar-refractivity contribution in [2.24, 2.45) is 40.4 Å². The van der Waals surface area contributed by atoms with Gasteiger partial charge < -0.3 is 0 Å². The van der Waals surface area contributed by atoms with E-state index in [0.717, 1.165) is 32.1 Å². The van der Waals surface area contributed by atoms with Crippen molar-refractivity contribution in [3.8, 4) is 0 Å². The summed E-state index contributed by atoms with van der Waals surface area (Å²) in [6.45, 7) is 6.36. The van der Waals surface area contributed by atoms with Gasteiger partial charge in [0.1, 0.15) is 17.3 Å². The highest BCUT2D eigenvalue weighted by molar-refractivity contribution is 5.91. The average Bonchev–Trinajstić information content (AvgIpc) is 2.87. The molecule has 4 aliphatic carbocycles. The van der Waals surface area contributed by atoms with E-state index in [1.54, 1.807) is 6.92 Å². The molecule has 0 amide bonds. The van der Waals surface area contributed by atoms with Crippen LogP contribution in [-0.4, -0.2) is 17.3 Å². The Balaban J connectivity index is 1.68. The molecule has 0 bridgehead atoms. The fraction of sp³-hybridized carbons (Fsp3) is 0.857. The largest absolute Gasteiger partial charge is 0.300 e. The van der Waals surface area contributed by atoms with Crippen LogP contribution in [0.1, 0.15) is 72.1 Å². The Labute approximate surface area is 144 Å². The molecule has 0 aromatic rings. The first-order valence-electron chi connectivity index (χ1n) is 9.82. The van der Waals surface area contributed by atoms with Gasteiger partial charge in [-0.1, -0.05) is 13.8 Å². The molecule has 0 aromatic heterocycles. The lowest BCUT2D eigenvalue weighted by molar-refractivity contribution is -0.159. The van der Waals surface area contributed by atoms with E-state index in [4.69, 9.17) is 0 Å². The Bertz CT molecular complexity index is 608. The van der Waals surface area contributed by atoms with E-state index in [-0.39, 0.29) is 28.4 Å². The van der Waals surface area contributed by atoms with Crippen molar-refractivity contribution >= 4 is 17.3 Å². The van der Waals surface area contributed by atoms with E-state index >= 15 is 0 Å². The van der Waals surface area contributed by atoms with Crippen molar-refractivity contribution in [2.75, 3.05) is 0 Å². The first-order valence-corrected chi connectivity index (χ1v) is 9.82. The maximum Gasteiger partial charge on any atom is 0.137 e. The minimum atomic E-state index is -0.0330. The normalized spacial score (nSPS) is 50.9. The van der Waals surface area contributed by atoms with Gasteiger partial charge in [0.05, 0.1) is 0 Å². The third-order valence-electron chi connectivity index (χ3n) is 8.77. The quantitative estimate of drug-likeness (QED) is 0.730. The molecule has 0 radical (unpaired) electrons. The number of Topliss-reactive ketones (excluding diaryl/α,β-unsaturated/α-hetero) is 3. The molecular formula is C21H30O3. The van der Waals surface area contributed by atoms with Crippen molar-refractivity contribution in [1.82, 2.24) is 0 Å². The molecule has 3 nitrogen and oxygen atoms in total. The van der Waals surface area contributed by atoms with Crippen LogP contribution in [0.4, 0.5) is 0 Å². The zero-order valence-electron chi connectivity index (χ0n) is 15.3. The van der Waals surface area contributed by atoms with Crippen molar-refractivity contribution in [1.29, 1.82) is 0 Å². The highest BCUT2D eigenvalue weighted by atomic mass is 16.1. The third-order valence-corrected chi connectivity index (χ3v) is 8.77. The van der Waals surface area contributed by atoms with E-state index in [1.807, 2.05) is 0 Å². The van der Waals surface area contributed by atoms with Gasteiger partial charge in [-0.3, -0.25) is 14.4 Å². The molecule has 0 N–H and O–H groups in total. The van der Waals surface area contributed by atoms with Crippen LogP contribution in [0.25, 0.3) is 0 Å². The highest BCUT2D eigenvalue weighted by Gasteiger charge is 2.62. The summed E-state index contributed by atoms with van der Waals surface area (Å²) in [5.41, 5.74) is 0.116. The van der Waals surface area contributed by atoms with Gasteiger partial charge in [0.15, 0.2) is 0 Å². The predicted octanol–water partition coefficient (Wildman–Crippen LogP) is 3.98. The maximum absolute atomic E-state index is 12.9. The molecule has 3 heteroatoms. The smallest absolute Gasteiger partial charge is 0.137 e. The Morgan fingerprint density at radius 1 is 0.958 bits per heavy atom. The Kier molecular flexibility index (Phi) is 3.61. The van der Waals surface area contributed by atoms with E-state index < -0.39 is 0 Å². The van der Waals surface area contributed by atoms with E-state index in [9.17, 15) is 14.4 Å². The molecule has 4 fully saturated rings. The number of carbonyl (C=O) groups excluding carboxylic acids is 3. The van der Waals surface area contributed by atoms with Crippen LogP contribution in [0.5, 0.6) is 0 Å². The fourth-order valence-corrected chi connectivity index (χ4v) is 7.50. The van der Waals surface area contributed by atoms with Gasteiger partial charge >= 0.3 is 0 Å². The molecule has 0 heterocycles. The van der Waals surface area contributed by atoms with Crippen molar-refractivity contribution in [2.45, 2.75) is 72.1 Å². The summed E-state index contributed by atoms with van der Waals surface area (Å²) in [5.74, 6) is 2.64. The minimum absolute atomic E-state index is 0.0174. The molecule has 4 aliphatic rings. The molecule has 4 rings (SSSR count). The lowest BCUT2D eigenvalue weighted by atomic mass is 9.44. The number of carbonyl (C=O) groups is 3. The molecule has 24 heavy (non-hydrogen) atoms. The summed E-state index contributed by atoms with van der Waals surface area (Å²) in [6.07, 6.45) is 7.05. The van der Waals surface area contributed by atoms with Crippen molar-refractivity contribution in [3.05, 3.63) is 0 Å². The predicted molar refractivity (Wildman–Crippen MR) is 91.3 cm³/mol. The van der Waals surface area contributed by atoms with E-state index in [1.165, 1.54) is 0 Å². The van der Waals surface area contributed by atoms with Crippen LogP contribution in [0.2, 0.25) is 0 Å². The Hall–Kier alpha value is -0.990. The topological polar surface area (TPSA) is 51.2 Å². The fourth-order valence-electron chi connectivity index (χ4n) is 7.50. The Morgan fingerprint density at radius 2 is 1.67 bits per heavy atom. The second-order valence-electron chi connectivity index (χ2n) is 9.63. The van der Waals surface area contributed by atoms with Gasteiger partial charge in [0, 0.05) is 31.1 Å². The summed E-state index contributed by atoms with van der Waals surface area (Å²) in [7, 11) is 0. The van der Waals surface area contributed by atoms with Crippen molar-refractivity contribution in [3.63, 3.8) is 0 Å². The summed E-state index contributed by atoms with van der Waals surface area (Å²) in [4.78, 5) is 37.0. The molecule has 4 saturated carbocycles. The van der Waals surface area contributed by atoms with Gasteiger partial charge in [-0.2, -0.15) is 0 Å². The van der Waals surface area contributed by atoms with E-state index in [2.05, 4.69) is 13.8 Å². The molecule has 0 aliphatic heterocycles. The standard InChI is InChI=1S/C21H30O3/c1-12(22)15-4-5-16-14-11-19(24)18-10-13(23)6-8-21(18,3)17(14)7-9-20(15,16)2/h14-18H,4-11H2,1-3H3/t14-,15+,16-,17-,18+,20+,21-/m1/s1.